The van der Waals surface area contributed by atoms with E-state index in [2.05, 4.69) is 102 Å². The highest BCUT2D eigenvalue weighted by atomic mass is 16.3. The fourth-order valence-electron chi connectivity index (χ4n) is 7.17. The van der Waals surface area contributed by atoms with Gasteiger partial charge >= 0.3 is 0 Å². The molecule has 1 N–H and O–H groups in total. The van der Waals surface area contributed by atoms with Crippen LogP contribution in [0.25, 0.3) is 66.1 Å². The zero-order valence-corrected chi connectivity index (χ0v) is 26.9. The second-order valence-electron chi connectivity index (χ2n) is 12.6. The van der Waals surface area contributed by atoms with Gasteiger partial charge in [-0.25, -0.2) is 9.98 Å². The number of rotatable bonds is 5. The van der Waals surface area contributed by atoms with Gasteiger partial charge in [-0.3, -0.25) is 0 Å². The zero-order valence-electron chi connectivity index (χ0n) is 26.9. The predicted molar refractivity (Wildman–Crippen MR) is 204 cm³/mol. The van der Waals surface area contributed by atoms with Crippen molar-refractivity contribution >= 4 is 55.5 Å². The molecule has 9 aromatic rings. The van der Waals surface area contributed by atoms with Crippen LogP contribution in [0.2, 0.25) is 0 Å². The van der Waals surface area contributed by atoms with Crippen LogP contribution < -0.4 is 5.32 Å². The third-order valence-electron chi connectivity index (χ3n) is 9.57. The van der Waals surface area contributed by atoms with E-state index >= 15 is 0 Å². The van der Waals surface area contributed by atoms with Crippen LogP contribution >= 0.6 is 0 Å². The second kappa shape index (κ2) is 11.5. The molecule has 0 spiro atoms. The average Bonchev–Trinajstić information content (AvgIpc) is 3.77. The van der Waals surface area contributed by atoms with Gasteiger partial charge in [-0.2, -0.15) is 0 Å². The molecule has 0 amide bonds. The van der Waals surface area contributed by atoms with E-state index in [1.54, 1.807) is 0 Å². The van der Waals surface area contributed by atoms with E-state index in [1.807, 2.05) is 66.7 Å². The maximum atomic E-state index is 6.42. The minimum atomic E-state index is -0.331. The maximum absolute atomic E-state index is 6.42. The Morgan fingerprint density at radius 2 is 1.02 bits per heavy atom. The van der Waals surface area contributed by atoms with Crippen molar-refractivity contribution in [2.24, 2.45) is 9.98 Å². The summed E-state index contributed by atoms with van der Waals surface area (Å²) in [6.07, 6.45) is -0.331. The number of nitrogens with zero attached hydrogens (tertiary/aromatic N) is 2. The standard InChI is InChI=1S/C45H29N3O2/c1-3-11-28(12-4-1)29-21-23-30(24-22-29)33-16-9-19-39-41(33)36-27-32(25-26-38(36)50-39)44-46-43(31-13-5-2-6-14-31)47-45(48-44)35-17-10-20-40-42(35)34-15-7-8-18-37(34)49-40/h1-27,43H,(H,46,47,48). The molecule has 2 aromatic heterocycles. The lowest BCUT2D eigenvalue weighted by Crippen LogP contribution is -2.33. The van der Waals surface area contributed by atoms with Crippen LogP contribution in [-0.4, -0.2) is 11.7 Å². The molecule has 7 aromatic carbocycles. The molecule has 1 atom stereocenters. The Hall–Kier alpha value is -6.72. The van der Waals surface area contributed by atoms with Crippen LogP contribution in [0.1, 0.15) is 22.9 Å². The van der Waals surface area contributed by atoms with Crippen LogP contribution in [0.4, 0.5) is 0 Å². The lowest BCUT2D eigenvalue weighted by Gasteiger charge is -2.24. The number of benzene rings is 7. The summed E-state index contributed by atoms with van der Waals surface area (Å²) in [6, 6.07) is 56.3. The van der Waals surface area contributed by atoms with Gasteiger partial charge in [-0.1, -0.05) is 127 Å². The molecular weight excluding hydrogens is 615 g/mol. The third kappa shape index (κ3) is 4.71. The van der Waals surface area contributed by atoms with Crippen molar-refractivity contribution in [3.05, 3.63) is 180 Å². The number of para-hydroxylation sites is 1. The first-order valence-electron chi connectivity index (χ1n) is 16.8. The summed E-state index contributed by atoms with van der Waals surface area (Å²) in [6.45, 7) is 0. The van der Waals surface area contributed by atoms with Gasteiger partial charge < -0.3 is 14.2 Å². The predicted octanol–water partition coefficient (Wildman–Crippen LogP) is 11.3. The van der Waals surface area contributed by atoms with Gasteiger partial charge in [-0.05, 0) is 64.2 Å². The first kappa shape index (κ1) is 28.3. The van der Waals surface area contributed by atoms with Crippen molar-refractivity contribution in [2.75, 3.05) is 0 Å². The van der Waals surface area contributed by atoms with Crippen molar-refractivity contribution in [1.29, 1.82) is 0 Å². The molecule has 0 aliphatic carbocycles. The van der Waals surface area contributed by atoms with Gasteiger partial charge in [0, 0.05) is 32.7 Å². The maximum Gasteiger partial charge on any atom is 0.160 e. The molecule has 0 fully saturated rings. The van der Waals surface area contributed by atoms with E-state index in [1.165, 1.54) is 11.1 Å². The summed E-state index contributed by atoms with van der Waals surface area (Å²) in [5.74, 6) is 1.40. The first-order chi connectivity index (χ1) is 24.8. The van der Waals surface area contributed by atoms with Gasteiger partial charge in [0.05, 0.1) is 0 Å². The number of nitrogens with one attached hydrogen (secondary N) is 1. The van der Waals surface area contributed by atoms with Gasteiger partial charge in [0.2, 0.25) is 0 Å². The quantitative estimate of drug-likeness (QED) is 0.203. The Morgan fingerprint density at radius 1 is 0.440 bits per heavy atom. The third-order valence-corrected chi connectivity index (χ3v) is 9.57. The van der Waals surface area contributed by atoms with Crippen LogP contribution in [-0.2, 0) is 0 Å². The summed E-state index contributed by atoms with van der Waals surface area (Å²) in [5.41, 5.74) is 10.9. The molecule has 5 nitrogen and oxygen atoms in total. The van der Waals surface area contributed by atoms with E-state index in [0.29, 0.717) is 5.84 Å². The normalized spacial score (nSPS) is 14.6. The lowest BCUT2D eigenvalue weighted by atomic mass is 9.96. The Balaban J connectivity index is 1.12. The van der Waals surface area contributed by atoms with E-state index in [9.17, 15) is 0 Å². The number of furan rings is 2. The van der Waals surface area contributed by atoms with Crippen LogP contribution in [0, 0.1) is 0 Å². The van der Waals surface area contributed by atoms with Crippen molar-refractivity contribution in [3.8, 4) is 22.3 Å². The van der Waals surface area contributed by atoms with Gasteiger partial charge in [0.25, 0.3) is 0 Å². The minimum absolute atomic E-state index is 0.331. The second-order valence-corrected chi connectivity index (χ2v) is 12.6. The number of aliphatic imine (C=N–C) groups is 2. The number of fused-ring (bicyclic) bond motifs is 6. The van der Waals surface area contributed by atoms with E-state index in [0.717, 1.165) is 77.5 Å². The van der Waals surface area contributed by atoms with Crippen LogP contribution in [0.3, 0.4) is 0 Å². The Bertz CT molecular complexity index is 2770. The molecule has 236 valence electrons. The molecule has 1 aliphatic heterocycles. The molecule has 5 heteroatoms. The molecule has 10 rings (SSSR count). The van der Waals surface area contributed by atoms with E-state index in [-0.39, 0.29) is 6.17 Å². The summed E-state index contributed by atoms with van der Waals surface area (Å²) in [5, 5.41) is 7.82. The van der Waals surface area contributed by atoms with Crippen molar-refractivity contribution in [2.45, 2.75) is 6.17 Å². The van der Waals surface area contributed by atoms with E-state index in [4.69, 9.17) is 18.8 Å². The molecule has 1 unspecified atom stereocenters. The van der Waals surface area contributed by atoms with Gasteiger partial charge in [0.15, 0.2) is 5.84 Å². The Kier molecular flexibility index (Phi) is 6.49. The highest BCUT2D eigenvalue weighted by molar-refractivity contribution is 6.22. The van der Waals surface area contributed by atoms with Crippen molar-refractivity contribution in [1.82, 2.24) is 5.32 Å². The SMILES string of the molecule is c1ccc(-c2ccc(-c3cccc4oc5ccc(C6=NC(c7cccc8oc9ccccc9c78)=NC(c7ccccc7)N6)cc5c34)cc2)cc1. The average molecular weight is 644 g/mol. The highest BCUT2D eigenvalue weighted by Gasteiger charge is 2.24. The molecular formula is C45H29N3O2. The van der Waals surface area contributed by atoms with Crippen LogP contribution in [0.5, 0.6) is 0 Å². The topological polar surface area (TPSA) is 63.0 Å². The molecule has 50 heavy (non-hydrogen) atoms. The van der Waals surface area contributed by atoms with Crippen molar-refractivity contribution in [3.63, 3.8) is 0 Å². The summed E-state index contributed by atoms with van der Waals surface area (Å²) < 4.78 is 12.7. The molecule has 1 aliphatic rings. The monoisotopic (exact) mass is 643 g/mol. The van der Waals surface area contributed by atoms with Gasteiger partial charge in [0.1, 0.15) is 34.3 Å². The summed E-state index contributed by atoms with van der Waals surface area (Å²) in [4.78, 5) is 10.4. The van der Waals surface area contributed by atoms with Crippen molar-refractivity contribution < 1.29 is 8.83 Å². The largest absolute Gasteiger partial charge is 0.456 e. The number of amidine groups is 2. The van der Waals surface area contributed by atoms with Gasteiger partial charge in [-0.15, -0.1) is 0 Å². The molecule has 0 saturated heterocycles. The molecule has 3 heterocycles. The molecule has 0 radical (unpaired) electrons. The minimum Gasteiger partial charge on any atom is -0.456 e. The zero-order chi connectivity index (χ0) is 33.0. The molecule has 0 bridgehead atoms. The fraction of sp³-hybridized carbons (Fsp3) is 0.0222. The number of hydrogen-bond donors (Lipinski definition) is 1. The summed E-state index contributed by atoms with van der Waals surface area (Å²) >= 11 is 0. The smallest absolute Gasteiger partial charge is 0.160 e. The lowest BCUT2D eigenvalue weighted by molar-refractivity contribution is 0.667. The molecule has 0 saturated carbocycles. The Labute approximate surface area is 287 Å². The number of hydrogen-bond acceptors (Lipinski definition) is 5. The Morgan fingerprint density at radius 3 is 1.80 bits per heavy atom. The highest BCUT2D eigenvalue weighted by Crippen LogP contribution is 2.38. The van der Waals surface area contributed by atoms with Crippen LogP contribution in [0.15, 0.2) is 183 Å². The van der Waals surface area contributed by atoms with E-state index < -0.39 is 0 Å². The summed E-state index contributed by atoms with van der Waals surface area (Å²) in [7, 11) is 0. The fourth-order valence-corrected chi connectivity index (χ4v) is 7.17. The first-order valence-corrected chi connectivity index (χ1v) is 16.8.